The van der Waals surface area contributed by atoms with Gasteiger partial charge in [0.2, 0.25) is 10.0 Å². The summed E-state index contributed by atoms with van der Waals surface area (Å²) in [4.78, 5) is 5.17. The summed E-state index contributed by atoms with van der Waals surface area (Å²) in [5, 5.41) is 0. The lowest BCUT2D eigenvalue weighted by atomic mass is 10.3. The zero-order chi connectivity index (χ0) is 14.7. The Balaban J connectivity index is 1.69. The molecular formula is C13H14N2O4S2. The fraction of sp³-hybridized carbons (Fsp3) is 0.308. The number of benzene rings is 1. The highest BCUT2D eigenvalue weighted by molar-refractivity contribution is 7.89. The fourth-order valence-corrected chi connectivity index (χ4v) is 3.59. The maximum atomic E-state index is 12.2. The van der Waals surface area contributed by atoms with E-state index in [1.165, 1.54) is 23.5 Å². The number of aromatic nitrogens is 1. The molecule has 8 heteroatoms. The summed E-state index contributed by atoms with van der Waals surface area (Å²) in [6, 6.07) is 4.62. The van der Waals surface area contributed by atoms with E-state index in [4.69, 9.17) is 9.47 Å². The van der Waals surface area contributed by atoms with Gasteiger partial charge in [-0.05, 0) is 18.6 Å². The number of nitrogens with one attached hydrogen (secondary N) is 1. The van der Waals surface area contributed by atoms with E-state index in [-0.39, 0.29) is 4.90 Å². The molecule has 3 rings (SSSR count). The minimum Gasteiger partial charge on any atom is -0.486 e. The lowest BCUT2D eigenvalue weighted by Gasteiger charge is -2.18. The number of fused-ring (bicyclic) bond motifs is 1. The van der Waals surface area contributed by atoms with Crippen molar-refractivity contribution in [3.8, 4) is 11.5 Å². The summed E-state index contributed by atoms with van der Waals surface area (Å²) >= 11 is 1.51. The van der Waals surface area contributed by atoms with Crippen molar-refractivity contribution in [3.05, 3.63) is 34.8 Å². The van der Waals surface area contributed by atoms with Crippen LogP contribution in [-0.2, 0) is 16.4 Å². The van der Waals surface area contributed by atoms with Crippen LogP contribution in [0.15, 0.2) is 34.8 Å². The molecule has 21 heavy (non-hydrogen) atoms. The quantitative estimate of drug-likeness (QED) is 0.899. The second-order valence-corrected chi connectivity index (χ2v) is 7.16. The van der Waals surface area contributed by atoms with Gasteiger partial charge < -0.3 is 9.47 Å². The van der Waals surface area contributed by atoms with E-state index in [0.29, 0.717) is 37.7 Å². The molecule has 6 nitrogen and oxygen atoms in total. The molecule has 1 aromatic heterocycles. The predicted octanol–water partition coefficient (Wildman–Crippen LogP) is 1.44. The molecule has 112 valence electrons. The molecule has 0 radical (unpaired) electrons. The Morgan fingerprint density at radius 1 is 1.24 bits per heavy atom. The van der Waals surface area contributed by atoms with Gasteiger partial charge in [0.1, 0.15) is 13.2 Å². The number of ether oxygens (including phenoxy) is 2. The monoisotopic (exact) mass is 326 g/mol. The third kappa shape index (κ3) is 3.34. The largest absolute Gasteiger partial charge is 0.486 e. The summed E-state index contributed by atoms with van der Waals surface area (Å²) in [6.45, 7) is 1.24. The highest BCUT2D eigenvalue weighted by Gasteiger charge is 2.18. The Hall–Kier alpha value is -1.64. The van der Waals surface area contributed by atoms with E-state index >= 15 is 0 Å². The molecule has 2 heterocycles. The minimum atomic E-state index is -3.55. The molecule has 1 aliphatic heterocycles. The molecule has 0 bridgehead atoms. The Labute approximate surface area is 126 Å². The fourth-order valence-electron chi connectivity index (χ4n) is 1.95. The smallest absolute Gasteiger partial charge is 0.240 e. The minimum absolute atomic E-state index is 0.177. The maximum Gasteiger partial charge on any atom is 0.240 e. The van der Waals surface area contributed by atoms with Crippen LogP contribution in [0.4, 0.5) is 0 Å². The number of nitrogens with zero attached hydrogens (tertiary/aromatic N) is 1. The van der Waals surface area contributed by atoms with E-state index in [9.17, 15) is 8.42 Å². The molecule has 2 aromatic rings. The average Bonchev–Trinajstić information content (AvgIpc) is 3.00. The van der Waals surface area contributed by atoms with Crippen LogP contribution in [0, 0.1) is 0 Å². The van der Waals surface area contributed by atoms with Gasteiger partial charge in [0.15, 0.2) is 11.5 Å². The lowest BCUT2D eigenvalue weighted by Crippen LogP contribution is -2.26. The topological polar surface area (TPSA) is 77.5 Å². The summed E-state index contributed by atoms with van der Waals surface area (Å²) in [6.07, 6.45) is 2.36. The van der Waals surface area contributed by atoms with E-state index in [2.05, 4.69) is 9.71 Å². The number of hydrogen-bond donors (Lipinski definition) is 1. The first-order valence-corrected chi connectivity index (χ1v) is 8.78. The molecule has 0 saturated carbocycles. The average molecular weight is 326 g/mol. The number of thiazole rings is 1. The van der Waals surface area contributed by atoms with Crippen LogP contribution in [0.1, 0.15) is 4.88 Å². The van der Waals surface area contributed by atoms with Crippen LogP contribution in [0.25, 0.3) is 0 Å². The second-order valence-electron chi connectivity index (χ2n) is 4.42. The van der Waals surface area contributed by atoms with Gasteiger partial charge in [-0.1, -0.05) is 0 Å². The number of sulfonamides is 1. The summed E-state index contributed by atoms with van der Waals surface area (Å²) in [7, 11) is -3.55. The highest BCUT2D eigenvalue weighted by Crippen LogP contribution is 2.32. The molecule has 1 N–H and O–H groups in total. The van der Waals surface area contributed by atoms with Crippen LogP contribution < -0.4 is 14.2 Å². The summed E-state index contributed by atoms with van der Waals surface area (Å²) in [5.74, 6) is 1.04. The Morgan fingerprint density at radius 3 is 2.81 bits per heavy atom. The van der Waals surface area contributed by atoms with E-state index in [0.717, 1.165) is 4.88 Å². The molecule has 0 fully saturated rings. The van der Waals surface area contributed by atoms with Crippen molar-refractivity contribution in [1.29, 1.82) is 0 Å². The molecule has 0 saturated heterocycles. The first-order chi connectivity index (χ1) is 10.1. The molecule has 0 amide bonds. The Bertz CT molecular complexity index is 714. The molecular weight excluding hydrogens is 312 g/mol. The van der Waals surface area contributed by atoms with Gasteiger partial charge in [-0.15, -0.1) is 11.3 Å². The first-order valence-electron chi connectivity index (χ1n) is 6.42. The standard InChI is InChI=1S/C13H14N2O4S2/c16-21(17,15-4-3-10-8-14-9-20-10)11-1-2-12-13(7-11)19-6-5-18-12/h1-2,7-9,15H,3-6H2. The van der Waals surface area contributed by atoms with E-state index in [1.54, 1.807) is 17.8 Å². The van der Waals surface area contributed by atoms with Crippen LogP contribution in [0.3, 0.4) is 0 Å². The molecule has 0 unspecified atom stereocenters. The summed E-state index contributed by atoms with van der Waals surface area (Å²) < 4.78 is 37.8. The molecule has 0 atom stereocenters. The molecule has 0 spiro atoms. The van der Waals surface area contributed by atoms with Crippen molar-refractivity contribution < 1.29 is 17.9 Å². The molecule has 1 aliphatic rings. The van der Waals surface area contributed by atoms with Gasteiger partial charge in [0.05, 0.1) is 10.4 Å². The van der Waals surface area contributed by atoms with Gasteiger partial charge >= 0.3 is 0 Å². The number of rotatable bonds is 5. The van der Waals surface area contributed by atoms with Gasteiger partial charge in [-0.25, -0.2) is 13.1 Å². The zero-order valence-electron chi connectivity index (χ0n) is 11.1. The van der Waals surface area contributed by atoms with Crippen molar-refractivity contribution in [1.82, 2.24) is 9.71 Å². The SMILES string of the molecule is O=S(=O)(NCCc1cncs1)c1ccc2c(c1)OCCO2. The van der Waals surface area contributed by atoms with Crippen molar-refractivity contribution >= 4 is 21.4 Å². The first kappa shape index (κ1) is 14.3. The third-order valence-corrected chi connectivity index (χ3v) is 5.27. The van der Waals surface area contributed by atoms with E-state index in [1.807, 2.05) is 0 Å². The normalized spacial score (nSPS) is 14.1. The highest BCUT2D eigenvalue weighted by atomic mass is 32.2. The maximum absolute atomic E-state index is 12.2. The number of hydrogen-bond acceptors (Lipinski definition) is 6. The Kier molecular flexibility index (Phi) is 4.09. The van der Waals surface area contributed by atoms with Crippen LogP contribution in [0.2, 0.25) is 0 Å². The predicted molar refractivity (Wildman–Crippen MR) is 78.4 cm³/mol. The molecule has 1 aromatic carbocycles. The van der Waals surface area contributed by atoms with Crippen molar-refractivity contribution in [2.75, 3.05) is 19.8 Å². The zero-order valence-corrected chi connectivity index (χ0v) is 12.7. The van der Waals surface area contributed by atoms with Crippen molar-refractivity contribution in [2.24, 2.45) is 0 Å². The van der Waals surface area contributed by atoms with Gasteiger partial charge in [0.25, 0.3) is 0 Å². The van der Waals surface area contributed by atoms with Crippen molar-refractivity contribution in [2.45, 2.75) is 11.3 Å². The third-order valence-electron chi connectivity index (χ3n) is 2.97. The van der Waals surface area contributed by atoms with E-state index < -0.39 is 10.0 Å². The molecule has 0 aliphatic carbocycles. The van der Waals surface area contributed by atoms with Crippen molar-refractivity contribution in [3.63, 3.8) is 0 Å². The van der Waals surface area contributed by atoms with Gasteiger partial charge in [0, 0.05) is 23.7 Å². The second kappa shape index (κ2) is 6.00. The Morgan fingerprint density at radius 2 is 2.05 bits per heavy atom. The van der Waals surface area contributed by atoms with Crippen LogP contribution in [-0.4, -0.2) is 33.2 Å². The van der Waals surface area contributed by atoms with Gasteiger partial charge in [-0.2, -0.15) is 0 Å². The van der Waals surface area contributed by atoms with Crippen LogP contribution in [0.5, 0.6) is 11.5 Å². The summed E-state index contributed by atoms with van der Waals surface area (Å²) in [5.41, 5.74) is 1.73. The lowest BCUT2D eigenvalue weighted by molar-refractivity contribution is 0.171. The van der Waals surface area contributed by atoms with Gasteiger partial charge in [-0.3, -0.25) is 4.98 Å². The van der Waals surface area contributed by atoms with Crippen LogP contribution >= 0.6 is 11.3 Å².